The number of halogens is 1. The Morgan fingerprint density at radius 1 is 1.14 bits per heavy atom. The molecular formula is C18H24ClN3O5S. The summed E-state index contributed by atoms with van der Waals surface area (Å²) in [6.45, 7) is 4.14. The van der Waals surface area contributed by atoms with Gasteiger partial charge in [-0.3, -0.25) is 10.1 Å². The van der Waals surface area contributed by atoms with Gasteiger partial charge in [0, 0.05) is 18.7 Å². The molecule has 0 saturated heterocycles. The molecule has 1 unspecified atom stereocenters. The minimum Gasteiger partial charge on any atom is -0.495 e. The molecule has 0 aromatic heterocycles. The number of non-ortho nitro benzene ring substituents is 1. The molecule has 28 heavy (non-hydrogen) atoms. The number of nitrogens with one attached hydrogen (secondary N) is 1. The van der Waals surface area contributed by atoms with Crippen molar-refractivity contribution in [3.05, 3.63) is 63.7 Å². The molecule has 2 aromatic rings. The molecule has 0 saturated carbocycles. The lowest BCUT2D eigenvalue weighted by Gasteiger charge is -2.16. The molecule has 0 bridgehead atoms. The topological polar surface area (TPSA) is 125 Å². The number of nitrogens with zero attached hydrogens (tertiary/aromatic N) is 1. The van der Waals surface area contributed by atoms with E-state index in [4.69, 9.17) is 10.5 Å². The summed E-state index contributed by atoms with van der Waals surface area (Å²) < 4.78 is 32.5. The Bertz CT molecular complexity index is 917. The number of sulfonamides is 1. The molecule has 0 heterocycles. The van der Waals surface area contributed by atoms with Crippen molar-refractivity contribution in [2.75, 3.05) is 13.7 Å². The lowest BCUT2D eigenvalue weighted by Crippen LogP contribution is -2.32. The third kappa shape index (κ3) is 5.65. The van der Waals surface area contributed by atoms with Crippen LogP contribution in [-0.4, -0.2) is 27.0 Å². The van der Waals surface area contributed by atoms with Crippen LogP contribution in [0.3, 0.4) is 0 Å². The summed E-state index contributed by atoms with van der Waals surface area (Å²) in [4.78, 5) is 10.0. The zero-order valence-electron chi connectivity index (χ0n) is 15.8. The first-order valence-electron chi connectivity index (χ1n) is 8.33. The summed E-state index contributed by atoms with van der Waals surface area (Å²) in [7, 11) is -2.70. The molecule has 154 valence electrons. The number of methoxy groups -OCH3 is 1. The number of ether oxygens (including phenoxy) is 1. The van der Waals surface area contributed by atoms with Gasteiger partial charge in [-0.15, -0.1) is 12.4 Å². The normalized spacial score (nSPS) is 12.3. The molecule has 2 aromatic carbocycles. The van der Waals surface area contributed by atoms with Crippen molar-refractivity contribution < 1.29 is 18.1 Å². The molecule has 8 nitrogen and oxygen atoms in total. The second-order valence-electron chi connectivity index (χ2n) is 6.37. The van der Waals surface area contributed by atoms with Crippen LogP contribution < -0.4 is 15.2 Å². The average Bonchev–Trinajstić information content (AvgIpc) is 2.65. The van der Waals surface area contributed by atoms with Crippen LogP contribution in [0.1, 0.15) is 36.9 Å². The van der Waals surface area contributed by atoms with Crippen molar-refractivity contribution >= 4 is 28.1 Å². The van der Waals surface area contributed by atoms with Gasteiger partial charge in [0.1, 0.15) is 10.6 Å². The van der Waals surface area contributed by atoms with E-state index in [0.29, 0.717) is 5.92 Å². The summed E-state index contributed by atoms with van der Waals surface area (Å²) in [5.41, 5.74) is 7.81. The van der Waals surface area contributed by atoms with Crippen LogP contribution in [0.25, 0.3) is 0 Å². The molecule has 0 aliphatic rings. The molecular weight excluding hydrogens is 406 g/mol. The van der Waals surface area contributed by atoms with Crippen LogP contribution in [0.4, 0.5) is 5.69 Å². The van der Waals surface area contributed by atoms with Crippen LogP contribution in [0.2, 0.25) is 0 Å². The largest absolute Gasteiger partial charge is 0.495 e. The van der Waals surface area contributed by atoms with Gasteiger partial charge in [0.2, 0.25) is 10.0 Å². The number of benzene rings is 2. The quantitative estimate of drug-likeness (QED) is 0.490. The Morgan fingerprint density at radius 3 is 2.21 bits per heavy atom. The Balaban J connectivity index is 0.00000392. The number of hydrogen-bond donors (Lipinski definition) is 2. The van der Waals surface area contributed by atoms with Crippen LogP contribution in [0, 0.1) is 10.1 Å². The van der Waals surface area contributed by atoms with Gasteiger partial charge in [-0.05, 0) is 23.1 Å². The second kappa shape index (κ2) is 9.83. The molecule has 0 radical (unpaired) electrons. The van der Waals surface area contributed by atoms with Crippen molar-refractivity contribution in [2.45, 2.75) is 30.7 Å². The molecule has 3 N–H and O–H groups in total. The van der Waals surface area contributed by atoms with Crippen molar-refractivity contribution in [1.82, 2.24) is 4.72 Å². The molecule has 0 aliphatic carbocycles. The van der Waals surface area contributed by atoms with Crippen molar-refractivity contribution in [2.24, 2.45) is 5.73 Å². The SMILES string of the molecule is COc1cc([N+](=O)[O-])ccc1S(=O)(=O)NCC(N)c1ccc(C(C)C)cc1.Cl. The van der Waals surface area contributed by atoms with Crippen molar-refractivity contribution in [3.63, 3.8) is 0 Å². The molecule has 2 rings (SSSR count). The maximum atomic E-state index is 12.6. The van der Waals surface area contributed by atoms with Gasteiger partial charge in [-0.25, -0.2) is 13.1 Å². The molecule has 0 spiro atoms. The maximum Gasteiger partial charge on any atom is 0.273 e. The first-order valence-corrected chi connectivity index (χ1v) is 9.81. The second-order valence-corrected chi connectivity index (χ2v) is 8.11. The Hall–Kier alpha value is -2.20. The van der Waals surface area contributed by atoms with E-state index in [2.05, 4.69) is 18.6 Å². The van der Waals surface area contributed by atoms with Gasteiger partial charge >= 0.3 is 0 Å². The highest BCUT2D eigenvalue weighted by Crippen LogP contribution is 2.28. The number of nitro benzene ring substituents is 1. The van der Waals surface area contributed by atoms with Crippen molar-refractivity contribution in [1.29, 1.82) is 0 Å². The van der Waals surface area contributed by atoms with E-state index in [0.717, 1.165) is 23.8 Å². The molecule has 0 amide bonds. The van der Waals surface area contributed by atoms with E-state index >= 15 is 0 Å². The summed E-state index contributed by atoms with van der Waals surface area (Å²) in [6.07, 6.45) is 0. The van der Waals surface area contributed by atoms with E-state index < -0.39 is 21.0 Å². The van der Waals surface area contributed by atoms with Crippen LogP contribution >= 0.6 is 12.4 Å². The fraction of sp³-hybridized carbons (Fsp3) is 0.333. The summed E-state index contributed by atoms with van der Waals surface area (Å²) in [6, 6.07) is 10.5. The smallest absolute Gasteiger partial charge is 0.273 e. The van der Waals surface area contributed by atoms with Gasteiger partial charge < -0.3 is 10.5 Å². The molecule has 0 aliphatic heterocycles. The molecule has 0 fully saturated rings. The van der Waals surface area contributed by atoms with Crippen molar-refractivity contribution in [3.8, 4) is 5.75 Å². The Labute approximate surface area is 170 Å². The van der Waals surface area contributed by atoms with Crippen LogP contribution in [-0.2, 0) is 10.0 Å². The Morgan fingerprint density at radius 2 is 1.71 bits per heavy atom. The number of nitro groups is 1. The zero-order valence-corrected chi connectivity index (χ0v) is 17.4. The first kappa shape index (κ1) is 23.8. The minimum absolute atomic E-state index is 0. The van der Waals surface area contributed by atoms with E-state index in [9.17, 15) is 18.5 Å². The van der Waals surface area contributed by atoms with Gasteiger partial charge in [-0.1, -0.05) is 38.1 Å². The lowest BCUT2D eigenvalue weighted by atomic mass is 9.99. The fourth-order valence-corrected chi connectivity index (χ4v) is 3.72. The third-order valence-electron chi connectivity index (χ3n) is 4.17. The van der Waals surface area contributed by atoms with E-state index in [1.807, 2.05) is 24.3 Å². The fourth-order valence-electron chi connectivity index (χ4n) is 2.52. The minimum atomic E-state index is -3.95. The highest BCUT2D eigenvalue weighted by atomic mass is 35.5. The third-order valence-corrected chi connectivity index (χ3v) is 5.64. The number of nitrogens with two attached hydrogens (primary N) is 1. The van der Waals surface area contributed by atoms with E-state index in [1.54, 1.807) is 0 Å². The van der Waals surface area contributed by atoms with Gasteiger partial charge in [0.15, 0.2) is 0 Å². The van der Waals surface area contributed by atoms with E-state index in [-0.39, 0.29) is 35.3 Å². The molecule has 1 atom stereocenters. The summed E-state index contributed by atoms with van der Waals surface area (Å²) in [5, 5.41) is 10.8. The molecule has 10 heteroatoms. The highest BCUT2D eigenvalue weighted by molar-refractivity contribution is 7.89. The number of rotatable bonds is 8. The zero-order chi connectivity index (χ0) is 20.2. The van der Waals surface area contributed by atoms with Gasteiger partial charge in [-0.2, -0.15) is 0 Å². The monoisotopic (exact) mass is 429 g/mol. The Kier molecular flexibility index (Phi) is 8.37. The van der Waals surface area contributed by atoms with Gasteiger partial charge in [0.05, 0.1) is 18.1 Å². The lowest BCUT2D eigenvalue weighted by molar-refractivity contribution is -0.385. The summed E-state index contributed by atoms with van der Waals surface area (Å²) >= 11 is 0. The predicted molar refractivity (Wildman–Crippen MR) is 110 cm³/mol. The standard InChI is InChI=1S/C18H23N3O5S.ClH/c1-12(2)13-4-6-14(7-5-13)16(19)11-20-27(24,25)18-9-8-15(21(22)23)10-17(18)26-3;/h4-10,12,16,20H,11,19H2,1-3H3;1H. The first-order chi connectivity index (χ1) is 12.7. The predicted octanol–water partition coefficient (Wildman–Crippen LogP) is 3.13. The highest BCUT2D eigenvalue weighted by Gasteiger charge is 2.23. The van der Waals surface area contributed by atoms with E-state index in [1.165, 1.54) is 12.7 Å². The average molecular weight is 430 g/mol. The van der Waals surface area contributed by atoms with Crippen LogP contribution in [0.15, 0.2) is 47.4 Å². The van der Waals surface area contributed by atoms with Crippen LogP contribution in [0.5, 0.6) is 5.75 Å². The number of hydrogen-bond acceptors (Lipinski definition) is 6. The van der Waals surface area contributed by atoms with Gasteiger partial charge in [0.25, 0.3) is 5.69 Å². The maximum absolute atomic E-state index is 12.6. The summed E-state index contributed by atoms with van der Waals surface area (Å²) in [5.74, 6) is 0.287.